The van der Waals surface area contributed by atoms with Crippen molar-refractivity contribution in [2.75, 3.05) is 21.3 Å². The van der Waals surface area contributed by atoms with Gasteiger partial charge < -0.3 is 9.80 Å². The molecule has 1 saturated heterocycles. The van der Waals surface area contributed by atoms with Crippen LogP contribution in [0.5, 0.6) is 0 Å². The lowest BCUT2D eigenvalue weighted by molar-refractivity contribution is 0.660. The van der Waals surface area contributed by atoms with E-state index >= 15 is 0 Å². The summed E-state index contributed by atoms with van der Waals surface area (Å²) in [5, 5.41) is 0. The van der Waals surface area contributed by atoms with Crippen LogP contribution in [-0.2, 0) is 5.41 Å². The molecule has 11 rings (SSSR count). The standard InChI is InChI=1S/C53H44N2S/c1-53(2)45-35-38(22-21-37-23-28-41(29-24-37)54-47-15-5-3-13-39(47)26-27-40-14-4-6-16-48(40)54)25-31-43(45)44-32-30-42(36-46(44)53)55-49-17-7-9-19-51(49)56(33-11-12-34-56)52-20-10-8-18-50(52)55/h3-10,13-32,35-36H,11-12,33-34H2,1-2H3/b22-21+. The van der Waals surface area contributed by atoms with Gasteiger partial charge in [-0.1, -0.05) is 135 Å². The van der Waals surface area contributed by atoms with Crippen molar-refractivity contribution in [2.24, 2.45) is 0 Å². The third-order valence-electron chi connectivity index (χ3n) is 12.6. The topological polar surface area (TPSA) is 6.48 Å². The molecule has 7 aromatic rings. The lowest BCUT2D eigenvalue weighted by Crippen LogP contribution is -2.22. The molecule has 0 atom stereocenters. The van der Waals surface area contributed by atoms with Gasteiger partial charge in [0.1, 0.15) is 0 Å². The number of benzene rings is 7. The summed E-state index contributed by atoms with van der Waals surface area (Å²) in [5.41, 5.74) is 17.7. The fraction of sp³-hybridized carbons (Fsp3) is 0.132. The van der Waals surface area contributed by atoms with E-state index in [0.29, 0.717) is 0 Å². The zero-order valence-electron chi connectivity index (χ0n) is 32.0. The number of nitrogens with zero attached hydrogens (tertiary/aromatic N) is 2. The summed E-state index contributed by atoms with van der Waals surface area (Å²) in [6.45, 7) is 4.80. The first kappa shape index (κ1) is 33.3. The number of fused-ring (bicyclic) bond motifs is 9. The largest absolute Gasteiger partial charge is 0.309 e. The quantitative estimate of drug-likeness (QED) is 0.166. The Labute approximate surface area is 332 Å². The van der Waals surface area contributed by atoms with Gasteiger partial charge in [0, 0.05) is 26.6 Å². The average Bonchev–Trinajstić information content (AvgIpc) is 3.76. The van der Waals surface area contributed by atoms with Crippen molar-refractivity contribution in [3.63, 3.8) is 0 Å². The molecule has 0 saturated carbocycles. The predicted octanol–water partition coefficient (Wildman–Crippen LogP) is 14.9. The van der Waals surface area contributed by atoms with Crippen molar-refractivity contribution >= 4 is 68.5 Å². The molecule has 7 aromatic carbocycles. The molecule has 3 heterocycles. The normalized spacial score (nSPS) is 17.1. The highest BCUT2D eigenvalue weighted by molar-refractivity contribution is 8.34. The zero-order chi connectivity index (χ0) is 37.4. The molecule has 1 aliphatic carbocycles. The van der Waals surface area contributed by atoms with E-state index in [0.717, 1.165) is 5.69 Å². The number of anilines is 6. The fourth-order valence-electron chi connectivity index (χ4n) is 9.87. The molecule has 56 heavy (non-hydrogen) atoms. The second-order valence-electron chi connectivity index (χ2n) is 16.1. The van der Waals surface area contributed by atoms with Crippen LogP contribution in [0.3, 0.4) is 0 Å². The number of hydrogen-bond donors (Lipinski definition) is 0. The summed E-state index contributed by atoms with van der Waals surface area (Å²) in [6, 6.07) is 59.0. The van der Waals surface area contributed by atoms with Gasteiger partial charge in [-0.05, 0) is 130 Å². The van der Waals surface area contributed by atoms with Crippen molar-refractivity contribution in [3.05, 3.63) is 191 Å². The van der Waals surface area contributed by atoms with E-state index in [4.69, 9.17) is 0 Å². The Morgan fingerprint density at radius 3 is 1.55 bits per heavy atom. The summed E-state index contributed by atoms with van der Waals surface area (Å²) in [6.07, 6.45) is 11.6. The van der Waals surface area contributed by atoms with Crippen LogP contribution >= 0.6 is 10.0 Å². The van der Waals surface area contributed by atoms with Gasteiger partial charge in [0.05, 0.1) is 22.7 Å². The molecule has 0 radical (unpaired) electrons. The molecular formula is C53H44N2S. The Bertz CT molecular complexity index is 2650. The van der Waals surface area contributed by atoms with Gasteiger partial charge in [-0.25, -0.2) is 0 Å². The van der Waals surface area contributed by atoms with Gasteiger partial charge >= 0.3 is 0 Å². The zero-order valence-corrected chi connectivity index (χ0v) is 32.8. The van der Waals surface area contributed by atoms with E-state index in [1.807, 2.05) is 0 Å². The predicted molar refractivity (Wildman–Crippen MR) is 241 cm³/mol. The van der Waals surface area contributed by atoms with E-state index in [2.05, 4.69) is 206 Å². The maximum Gasteiger partial charge on any atom is 0.0586 e. The van der Waals surface area contributed by atoms with E-state index in [1.54, 1.807) is 9.79 Å². The third kappa shape index (κ3) is 5.04. The average molecular weight is 741 g/mol. The van der Waals surface area contributed by atoms with Crippen molar-refractivity contribution < 1.29 is 0 Å². The van der Waals surface area contributed by atoms with Gasteiger partial charge in [-0.15, -0.1) is 0 Å². The van der Waals surface area contributed by atoms with Crippen LogP contribution in [-0.4, -0.2) is 11.5 Å². The molecule has 4 aliphatic rings. The number of para-hydroxylation sites is 4. The van der Waals surface area contributed by atoms with Crippen molar-refractivity contribution in [2.45, 2.75) is 41.9 Å². The molecule has 3 heteroatoms. The Hall–Kier alpha value is -6.03. The van der Waals surface area contributed by atoms with Crippen LogP contribution in [0.1, 0.15) is 60.1 Å². The first-order valence-corrected chi connectivity index (χ1v) is 22.0. The second-order valence-corrected chi connectivity index (χ2v) is 19.6. The molecule has 0 aromatic heterocycles. The summed E-state index contributed by atoms with van der Waals surface area (Å²) >= 11 is 0. The SMILES string of the molecule is CC1(C)c2cc(/C=C/c3ccc(N4c5ccccc5C=Cc5ccccc54)cc3)ccc2-c2ccc(N3c4ccccc4S4(CCCC4)c4ccccc43)cc21. The van der Waals surface area contributed by atoms with Gasteiger partial charge in [0.15, 0.2) is 0 Å². The lowest BCUT2D eigenvalue weighted by atomic mass is 9.81. The van der Waals surface area contributed by atoms with Crippen LogP contribution in [0, 0.1) is 0 Å². The van der Waals surface area contributed by atoms with Crippen LogP contribution < -0.4 is 9.80 Å². The maximum atomic E-state index is 2.56. The molecule has 1 spiro atoms. The smallest absolute Gasteiger partial charge is 0.0586 e. The van der Waals surface area contributed by atoms with Crippen LogP contribution in [0.4, 0.5) is 34.1 Å². The minimum atomic E-state index is -1.01. The first-order valence-electron chi connectivity index (χ1n) is 20.0. The number of hydrogen-bond acceptors (Lipinski definition) is 2. The van der Waals surface area contributed by atoms with Crippen LogP contribution in [0.25, 0.3) is 35.4 Å². The van der Waals surface area contributed by atoms with Crippen molar-refractivity contribution in [3.8, 4) is 11.1 Å². The minimum absolute atomic E-state index is 0.131. The molecule has 1 fully saturated rings. The summed E-state index contributed by atoms with van der Waals surface area (Å²) in [7, 11) is -1.01. The van der Waals surface area contributed by atoms with Gasteiger partial charge in [-0.3, -0.25) is 0 Å². The Morgan fingerprint density at radius 2 is 0.929 bits per heavy atom. The Balaban J connectivity index is 0.902. The molecular weight excluding hydrogens is 697 g/mol. The summed E-state index contributed by atoms with van der Waals surface area (Å²) in [5.74, 6) is 2.62. The van der Waals surface area contributed by atoms with E-state index in [1.165, 1.54) is 97.3 Å². The molecule has 0 N–H and O–H groups in total. The fourth-order valence-corrected chi connectivity index (χ4v) is 14.4. The summed E-state index contributed by atoms with van der Waals surface area (Å²) in [4.78, 5) is 8.07. The van der Waals surface area contributed by atoms with E-state index < -0.39 is 10.0 Å². The molecule has 2 nitrogen and oxygen atoms in total. The van der Waals surface area contributed by atoms with Crippen LogP contribution in [0.15, 0.2) is 168 Å². The van der Waals surface area contributed by atoms with Crippen molar-refractivity contribution in [1.29, 1.82) is 0 Å². The molecule has 0 amide bonds. The highest BCUT2D eigenvalue weighted by Crippen LogP contribution is 2.74. The lowest BCUT2D eigenvalue weighted by Gasteiger charge is -2.47. The highest BCUT2D eigenvalue weighted by Gasteiger charge is 2.42. The van der Waals surface area contributed by atoms with Gasteiger partial charge in [0.2, 0.25) is 0 Å². The monoisotopic (exact) mass is 740 g/mol. The third-order valence-corrected chi connectivity index (χ3v) is 17.0. The minimum Gasteiger partial charge on any atom is -0.309 e. The van der Waals surface area contributed by atoms with E-state index in [9.17, 15) is 0 Å². The molecule has 0 unspecified atom stereocenters. The maximum absolute atomic E-state index is 2.56. The van der Waals surface area contributed by atoms with Gasteiger partial charge in [-0.2, -0.15) is 10.0 Å². The Kier molecular flexibility index (Phi) is 7.59. The molecule has 0 bridgehead atoms. The molecule has 3 aliphatic heterocycles. The van der Waals surface area contributed by atoms with Gasteiger partial charge in [0.25, 0.3) is 0 Å². The first-order chi connectivity index (χ1) is 27.5. The van der Waals surface area contributed by atoms with Crippen molar-refractivity contribution in [1.82, 2.24) is 0 Å². The van der Waals surface area contributed by atoms with E-state index in [-0.39, 0.29) is 5.41 Å². The highest BCUT2D eigenvalue weighted by atomic mass is 32.3. The number of rotatable bonds is 4. The Morgan fingerprint density at radius 1 is 0.464 bits per heavy atom. The van der Waals surface area contributed by atoms with Crippen LogP contribution in [0.2, 0.25) is 0 Å². The second kappa shape index (κ2) is 12.8. The molecule has 272 valence electrons. The summed E-state index contributed by atoms with van der Waals surface area (Å²) < 4.78 is 0.